The smallest absolute Gasteiger partial charge is 0.109 e. The molecule has 0 N–H and O–H groups in total. The quantitative estimate of drug-likeness (QED) is 0.720. The fourth-order valence-corrected chi connectivity index (χ4v) is 1.51. The summed E-state index contributed by atoms with van der Waals surface area (Å²) < 4.78 is 2.06. The maximum atomic E-state index is 5.92. The van der Waals surface area contributed by atoms with Crippen molar-refractivity contribution in [3.63, 3.8) is 0 Å². The van der Waals surface area contributed by atoms with Crippen LogP contribution >= 0.6 is 11.6 Å². The zero-order valence-corrected chi connectivity index (χ0v) is 10.8. The van der Waals surface area contributed by atoms with E-state index in [2.05, 4.69) is 35.3 Å². The Hall–Kier alpha value is -0.540. The predicted octanol–water partition coefficient (Wildman–Crippen LogP) is 1.91. The molecule has 1 aromatic heterocycles. The number of rotatable bonds is 5. The molecule has 0 aliphatic rings. The molecule has 86 valence electrons. The summed E-state index contributed by atoms with van der Waals surface area (Å²) in [6.07, 6.45) is 4.77. The Morgan fingerprint density at radius 3 is 2.67 bits per heavy atom. The average molecular weight is 230 g/mol. The molecular formula is C11H20ClN3. The van der Waals surface area contributed by atoms with Gasteiger partial charge in [-0.1, -0.05) is 0 Å². The van der Waals surface area contributed by atoms with Crippen LogP contribution in [0.5, 0.6) is 0 Å². The molecule has 15 heavy (non-hydrogen) atoms. The summed E-state index contributed by atoms with van der Waals surface area (Å²) in [5, 5.41) is 0. The summed E-state index contributed by atoms with van der Waals surface area (Å²) in [4.78, 5) is 6.57. The Morgan fingerprint density at radius 2 is 2.20 bits per heavy atom. The van der Waals surface area contributed by atoms with Crippen molar-refractivity contribution >= 4 is 11.6 Å². The van der Waals surface area contributed by atoms with Gasteiger partial charge in [0.1, 0.15) is 5.82 Å². The van der Waals surface area contributed by atoms with E-state index in [0.29, 0.717) is 5.88 Å². The van der Waals surface area contributed by atoms with Gasteiger partial charge in [-0.15, -0.1) is 11.6 Å². The van der Waals surface area contributed by atoms with Gasteiger partial charge in [0.15, 0.2) is 0 Å². The van der Waals surface area contributed by atoms with Crippen LogP contribution in [0.4, 0.5) is 0 Å². The second-order valence-electron chi connectivity index (χ2n) is 4.57. The van der Waals surface area contributed by atoms with Gasteiger partial charge in [0.25, 0.3) is 0 Å². The van der Waals surface area contributed by atoms with Crippen LogP contribution < -0.4 is 0 Å². The lowest BCUT2D eigenvalue weighted by molar-refractivity contribution is 0.180. The Bertz CT molecular complexity index is 307. The van der Waals surface area contributed by atoms with Crippen LogP contribution in [-0.2, 0) is 13.5 Å². The molecule has 0 fully saturated rings. The van der Waals surface area contributed by atoms with Crippen molar-refractivity contribution < 1.29 is 0 Å². The van der Waals surface area contributed by atoms with Gasteiger partial charge in [0.2, 0.25) is 0 Å². The molecular weight excluding hydrogens is 210 g/mol. The summed E-state index contributed by atoms with van der Waals surface area (Å²) in [5.74, 6) is 1.76. The molecule has 1 heterocycles. The van der Waals surface area contributed by atoms with Crippen molar-refractivity contribution in [3.8, 4) is 0 Å². The van der Waals surface area contributed by atoms with Crippen molar-refractivity contribution in [2.24, 2.45) is 7.05 Å². The van der Waals surface area contributed by atoms with E-state index < -0.39 is 0 Å². The van der Waals surface area contributed by atoms with Crippen molar-refractivity contribution in [1.29, 1.82) is 0 Å². The minimum atomic E-state index is 0.0483. The number of alkyl halides is 1. The Balaban J connectivity index is 2.48. The van der Waals surface area contributed by atoms with E-state index in [1.54, 1.807) is 0 Å². The fraction of sp³-hybridized carbons (Fsp3) is 0.727. The molecule has 0 saturated heterocycles. The van der Waals surface area contributed by atoms with Gasteiger partial charge in [-0.2, -0.15) is 0 Å². The molecule has 0 aliphatic heterocycles. The molecule has 1 aromatic rings. The van der Waals surface area contributed by atoms with Crippen LogP contribution in [-0.4, -0.2) is 39.5 Å². The molecule has 0 radical (unpaired) electrons. The van der Waals surface area contributed by atoms with Crippen LogP contribution in [0.25, 0.3) is 0 Å². The molecule has 0 aliphatic carbocycles. The first-order valence-electron chi connectivity index (χ1n) is 5.21. The average Bonchev–Trinajstić information content (AvgIpc) is 2.60. The number of aryl methyl sites for hydroxylation is 1. The first-order valence-corrected chi connectivity index (χ1v) is 5.74. The van der Waals surface area contributed by atoms with Crippen molar-refractivity contribution in [1.82, 2.24) is 14.5 Å². The largest absolute Gasteiger partial charge is 0.338 e. The van der Waals surface area contributed by atoms with E-state index in [0.717, 1.165) is 18.8 Å². The van der Waals surface area contributed by atoms with Gasteiger partial charge < -0.3 is 4.57 Å². The van der Waals surface area contributed by atoms with Crippen LogP contribution in [0.1, 0.15) is 19.7 Å². The minimum Gasteiger partial charge on any atom is -0.338 e. The lowest BCUT2D eigenvalue weighted by Crippen LogP contribution is -2.43. The van der Waals surface area contributed by atoms with E-state index in [1.165, 1.54) is 0 Å². The zero-order valence-electron chi connectivity index (χ0n) is 10.00. The fourth-order valence-electron chi connectivity index (χ4n) is 1.31. The van der Waals surface area contributed by atoms with E-state index in [1.807, 2.05) is 19.4 Å². The highest BCUT2D eigenvalue weighted by Gasteiger charge is 2.21. The van der Waals surface area contributed by atoms with E-state index in [4.69, 9.17) is 11.6 Å². The standard InChI is InChI=1S/C11H20ClN3/c1-11(2,9-12)15(4)7-5-10-13-6-8-14(10)3/h6,8H,5,7,9H2,1-4H3. The number of hydrogen-bond donors (Lipinski definition) is 0. The molecule has 3 nitrogen and oxygen atoms in total. The number of aromatic nitrogens is 2. The Morgan fingerprint density at radius 1 is 1.53 bits per heavy atom. The second kappa shape index (κ2) is 4.99. The first kappa shape index (κ1) is 12.5. The van der Waals surface area contributed by atoms with Gasteiger partial charge in [-0.3, -0.25) is 4.90 Å². The third kappa shape index (κ3) is 3.21. The monoisotopic (exact) mass is 229 g/mol. The molecule has 0 spiro atoms. The summed E-state index contributed by atoms with van der Waals surface area (Å²) in [5.41, 5.74) is 0.0483. The number of imidazole rings is 1. The molecule has 4 heteroatoms. The third-order valence-electron chi connectivity index (χ3n) is 2.95. The Labute approximate surface area is 97.1 Å². The highest BCUT2D eigenvalue weighted by Crippen LogP contribution is 2.14. The van der Waals surface area contributed by atoms with E-state index in [-0.39, 0.29) is 5.54 Å². The number of likely N-dealkylation sites (N-methyl/N-ethyl adjacent to an activating group) is 1. The van der Waals surface area contributed by atoms with Crippen molar-refractivity contribution in [2.75, 3.05) is 19.5 Å². The molecule has 0 saturated carbocycles. The van der Waals surface area contributed by atoms with E-state index >= 15 is 0 Å². The first-order chi connectivity index (χ1) is 6.97. The van der Waals surface area contributed by atoms with Crippen molar-refractivity contribution in [3.05, 3.63) is 18.2 Å². The normalized spacial score (nSPS) is 12.4. The van der Waals surface area contributed by atoms with Gasteiger partial charge in [-0.25, -0.2) is 4.98 Å². The molecule has 0 amide bonds. The van der Waals surface area contributed by atoms with Gasteiger partial charge in [0.05, 0.1) is 0 Å². The molecule has 0 bridgehead atoms. The summed E-state index contributed by atoms with van der Waals surface area (Å²) >= 11 is 5.92. The lowest BCUT2D eigenvalue weighted by Gasteiger charge is -2.33. The lowest BCUT2D eigenvalue weighted by atomic mass is 10.1. The molecule has 0 atom stereocenters. The summed E-state index contributed by atoms with van der Waals surface area (Å²) in [6, 6.07) is 0. The summed E-state index contributed by atoms with van der Waals surface area (Å²) in [7, 11) is 4.13. The highest BCUT2D eigenvalue weighted by molar-refractivity contribution is 6.18. The van der Waals surface area contributed by atoms with Crippen LogP contribution in [0.2, 0.25) is 0 Å². The summed E-state index contributed by atoms with van der Waals surface area (Å²) in [6.45, 7) is 5.28. The maximum absolute atomic E-state index is 5.92. The van der Waals surface area contributed by atoms with Gasteiger partial charge in [-0.05, 0) is 20.9 Å². The highest BCUT2D eigenvalue weighted by atomic mass is 35.5. The van der Waals surface area contributed by atoms with E-state index in [9.17, 15) is 0 Å². The molecule has 0 unspecified atom stereocenters. The minimum absolute atomic E-state index is 0.0483. The zero-order chi connectivity index (χ0) is 11.5. The van der Waals surface area contributed by atoms with Gasteiger partial charge in [0, 0.05) is 43.8 Å². The number of hydrogen-bond acceptors (Lipinski definition) is 2. The second-order valence-corrected chi connectivity index (χ2v) is 4.84. The maximum Gasteiger partial charge on any atom is 0.109 e. The third-order valence-corrected chi connectivity index (χ3v) is 3.61. The number of halogens is 1. The topological polar surface area (TPSA) is 21.1 Å². The van der Waals surface area contributed by atoms with Crippen LogP contribution in [0, 0.1) is 0 Å². The van der Waals surface area contributed by atoms with Crippen LogP contribution in [0.15, 0.2) is 12.4 Å². The molecule has 0 aromatic carbocycles. The number of nitrogens with zero attached hydrogens (tertiary/aromatic N) is 3. The Kier molecular flexibility index (Phi) is 4.17. The van der Waals surface area contributed by atoms with Gasteiger partial charge >= 0.3 is 0 Å². The van der Waals surface area contributed by atoms with Crippen LogP contribution in [0.3, 0.4) is 0 Å². The molecule has 1 rings (SSSR count). The van der Waals surface area contributed by atoms with Crippen molar-refractivity contribution in [2.45, 2.75) is 25.8 Å². The predicted molar refractivity (Wildman–Crippen MR) is 64.3 cm³/mol. The SMILES string of the molecule is CN(CCc1nccn1C)C(C)(C)CCl.